The third-order valence-electron chi connectivity index (χ3n) is 6.67. The highest BCUT2D eigenvalue weighted by Crippen LogP contribution is 2.59. The van der Waals surface area contributed by atoms with E-state index in [1.807, 2.05) is 12.1 Å². The van der Waals surface area contributed by atoms with Crippen LogP contribution < -0.4 is 0 Å². The van der Waals surface area contributed by atoms with Gasteiger partial charge in [-0.3, -0.25) is 0 Å². The van der Waals surface area contributed by atoms with Gasteiger partial charge in [-0.15, -0.1) is 0 Å². The molecule has 114 valence electrons. The second kappa shape index (κ2) is 4.12. The number of hydrogen-bond acceptors (Lipinski definition) is 3. The van der Waals surface area contributed by atoms with E-state index in [0.717, 1.165) is 18.8 Å². The third-order valence-corrected chi connectivity index (χ3v) is 6.67. The molecular formula is C18H21N3O. The van der Waals surface area contributed by atoms with Crippen molar-refractivity contribution in [3.63, 3.8) is 0 Å². The number of H-pyrrole nitrogens is 1. The monoisotopic (exact) mass is 295 g/mol. The van der Waals surface area contributed by atoms with Crippen LogP contribution in [0.15, 0.2) is 18.2 Å². The molecule has 0 saturated heterocycles. The Morgan fingerprint density at radius 3 is 3.09 bits per heavy atom. The Bertz CT molecular complexity index is 753. The second-order valence-corrected chi connectivity index (χ2v) is 7.58. The molecular weight excluding hydrogens is 274 g/mol. The normalized spacial score (nSPS) is 35.4. The minimum absolute atomic E-state index is 0.206. The van der Waals surface area contributed by atoms with Crippen molar-refractivity contribution in [2.75, 3.05) is 0 Å². The van der Waals surface area contributed by atoms with E-state index in [0.29, 0.717) is 17.6 Å². The minimum Gasteiger partial charge on any atom is -0.508 e. The Balaban J connectivity index is 1.56. The van der Waals surface area contributed by atoms with Crippen molar-refractivity contribution in [3.8, 4) is 5.75 Å². The zero-order valence-corrected chi connectivity index (χ0v) is 12.8. The number of fused-ring (bicyclic) bond motifs is 7. The lowest BCUT2D eigenvalue weighted by Crippen LogP contribution is -2.43. The van der Waals surface area contributed by atoms with Crippen LogP contribution in [0.4, 0.5) is 0 Å². The maximum atomic E-state index is 9.75. The predicted octanol–water partition coefficient (Wildman–Crippen LogP) is 3.08. The lowest BCUT2D eigenvalue weighted by atomic mass is 9.55. The Hall–Kier alpha value is -1.84. The number of rotatable bonds is 0. The van der Waals surface area contributed by atoms with Crippen molar-refractivity contribution in [3.05, 3.63) is 40.7 Å². The number of aromatic amines is 1. The first kappa shape index (κ1) is 12.7. The lowest BCUT2D eigenvalue weighted by Gasteiger charge is -2.48. The van der Waals surface area contributed by atoms with Crippen LogP contribution in [0, 0.1) is 11.8 Å². The van der Waals surface area contributed by atoms with Gasteiger partial charge in [-0.05, 0) is 73.1 Å². The molecule has 0 radical (unpaired) electrons. The molecule has 3 aliphatic rings. The van der Waals surface area contributed by atoms with Crippen molar-refractivity contribution in [2.45, 2.75) is 50.4 Å². The smallest absolute Gasteiger partial charge is 0.115 e. The lowest BCUT2D eigenvalue weighted by molar-refractivity contribution is 0.102. The quantitative estimate of drug-likeness (QED) is 0.785. The summed E-state index contributed by atoms with van der Waals surface area (Å²) in [6.45, 7) is 2.40. The highest BCUT2D eigenvalue weighted by Gasteiger charge is 2.54. The molecule has 1 saturated carbocycles. The van der Waals surface area contributed by atoms with Gasteiger partial charge < -0.3 is 5.11 Å². The molecule has 1 aromatic heterocycles. The summed E-state index contributed by atoms with van der Waals surface area (Å²) in [5, 5.41) is 21.4. The van der Waals surface area contributed by atoms with Crippen LogP contribution >= 0.6 is 0 Å². The Kier molecular flexibility index (Phi) is 2.37. The van der Waals surface area contributed by atoms with Crippen LogP contribution in [0.5, 0.6) is 5.75 Å². The Morgan fingerprint density at radius 1 is 1.27 bits per heavy atom. The zero-order chi connectivity index (χ0) is 14.9. The van der Waals surface area contributed by atoms with E-state index in [9.17, 15) is 5.11 Å². The Labute approximate surface area is 130 Å². The minimum atomic E-state index is 0.206. The molecule has 2 aromatic rings. The average molecular weight is 295 g/mol. The van der Waals surface area contributed by atoms with E-state index in [1.165, 1.54) is 41.8 Å². The van der Waals surface area contributed by atoms with Gasteiger partial charge in [-0.1, -0.05) is 13.0 Å². The molecule has 1 aromatic carbocycles. The standard InChI is InChI=1S/C18H21N3O/c1-18-7-6-13-12-5-3-11(22)8-10(12)2-4-14(13)15(18)9-16-17(18)20-21-19-16/h3,5,8,13-15,22H,2,4,6-7,9H2,1H3,(H,19,20,21)/t13-,14-,15+,18+/m1/s1. The van der Waals surface area contributed by atoms with Crippen LogP contribution in [0.2, 0.25) is 0 Å². The first-order valence-corrected chi connectivity index (χ1v) is 8.39. The van der Waals surface area contributed by atoms with Crippen LogP contribution in [0.25, 0.3) is 0 Å². The molecule has 5 rings (SSSR count). The summed E-state index contributed by atoms with van der Waals surface area (Å²) >= 11 is 0. The molecule has 0 bridgehead atoms. The van der Waals surface area contributed by atoms with Gasteiger partial charge in [-0.2, -0.15) is 15.4 Å². The maximum absolute atomic E-state index is 9.75. The SMILES string of the molecule is C[C@]12CC[C@@H]3c4ccc(O)cc4CC[C@H]3[C@@H]1Cc1n[nH]nc12. The number of benzene rings is 1. The molecule has 3 aliphatic carbocycles. The third kappa shape index (κ3) is 1.48. The van der Waals surface area contributed by atoms with Gasteiger partial charge in [0.1, 0.15) is 5.75 Å². The molecule has 0 spiro atoms. The summed E-state index contributed by atoms with van der Waals surface area (Å²) in [7, 11) is 0. The molecule has 4 heteroatoms. The first-order valence-electron chi connectivity index (χ1n) is 8.39. The molecule has 4 atom stereocenters. The topological polar surface area (TPSA) is 61.8 Å². The van der Waals surface area contributed by atoms with Crippen LogP contribution in [0.1, 0.15) is 54.6 Å². The number of aryl methyl sites for hydroxylation is 1. The summed E-state index contributed by atoms with van der Waals surface area (Å²) in [5.41, 5.74) is 5.48. The van der Waals surface area contributed by atoms with Gasteiger partial charge in [0.25, 0.3) is 0 Å². The highest BCUT2D eigenvalue weighted by atomic mass is 16.3. The van der Waals surface area contributed by atoms with Gasteiger partial charge in [-0.25, -0.2) is 0 Å². The number of nitrogens with zero attached hydrogens (tertiary/aromatic N) is 2. The number of phenols is 1. The van der Waals surface area contributed by atoms with Crippen LogP contribution in [-0.2, 0) is 18.3 Å². The fourth-order valence-corrected chi connectivity index (χ4v) is 5.62. The van der Waals surface area contributed by atoms with Gasteiger partial charge in [0, 0.05) is 5.41 Å². The maximum Gasteiger partial charge on any atom is 0.115 e. The first-order chi connectivity index (χ1) is 10.7. The summed E-state index contributed by atoms with van der Waals surface area (Å²) in [6.07, 6.45) is 5.82. The number of phenolic OH excluding ortho intramolecular Hbond substituents is 1. The van der Waals surface area contributed by atoms with E-state index >= 15 is 0 Å². The molecule has 2 N–H and O–H groups in total. The van der Waals surface area contributed by atoms with Crippen molar-refractivity contribution < 1.29 is 5.11 Å². The Morgan fingerprint density at radius 2 is 2.18 bits per heavy atom. The zero-order valence-electron chi connectivity index (χ0n) is 12.8. The van der Waals surface area contributed by atoms with Gasteiger partial charge in [0.15, 0.2) is 0 Å². The van der Waals surface area contributed by atoms with Crippen LogP contribution in [-0.4, -0.2) is 20.5 Å². The predicted molar refractivity (Wildman–Crippen MR) is 82.8 cm³/mol. The van der Waals surface area contributed by atoms with Gasteiger partial charge in [0.2, 0.25) is 0 Å². The molecule has 0 aliphatic heterocycles. The number of aromatic hydroxyl groups is 1. The van der Waals surface area contributed by atoms with Crippen molar-refractivity contribution >= 4 is 0 Å². The van der Waals surface area contributed by atoms with Gasteiger partial charge in [0.05, 0.1) is 11.4 Å². The van der Waals surface area contributed by atoms with Crippen molar-refractivity contribution in [2.24, 2.45) is 11.8 Å². The van der Waals surface area contributed by atoms with Crippen LogP contribution in [0.3, 0.4) is 0 Å². The summed E-state index contributed by atoms with van der Waals surface area (Å²) in [5.74, 6) is 2.46. The summed E-state index contributed by atoms with van der Waals surface area (Å²) in [6, 6.07) is 5.99. The molecule has 0 amide bonds. The van der Waals surface area contributed by atoms with E-state index in [-0.39, 0.29) is 5.41 Å². The van der Waals surface area contributed by atoms with Crippen molar-refractivity contribution in [1.82, 2.24) is 15.4 Å². The number of aromatic nitrogens is 3. The summed E-state index contributed by atoms with van der Waals surface area (Å²) in [4.78, 5) is 0. The van der Waals surface area contributed by atoms with E-state index in [4.69, 9.17) is 0 Å². The average Bonchev–Trinajstić information content (AvgIpc) is 3.07. The summed E-state index contributed by atoms with van der Waals surface area (Å²) < 4.78 is 0. The number of hydrogen-bond donors (Lipinski definition) is 2. The van der Waals surface area contributed by atoms with E-state index in [2.05, 4.69) is 28.4 Å². The van der Waals surface area contributed by atoms with E-state index < -0.39 is 0 Å². The second-order valence-electron chi connectivity index (χ2n) is 7.58. The molecule has 1 heterocycles. The number of nitrogens with one attached hydrogen (secondary N) is 1. The fraction of sp³-hybridized carbons (Fsp3) is 0.556. The van der Waals surface area contributed by atoms with Gasteiger partial charge >= 0.3 is 0 Å². The molecule has 22 heavy (non-hydrogen) atoms. The molecule has 0 unspecified atom stereocenters. The molecule has 1 fully saturated rings. The molecule has 4 nitrogen and oxygen atoms in total. The highest BCUT2D eigenvalue weighted by molar-refractivity contribution is 5.42. The largest absolute Gasteiger partial charge is 0.508 e. The van der Waals surface area contributed by atoms with E-state index in [1.54, 1.807) is 0 Å². The van der Waals surface area contributed by atoms with Crippen molar-refractivity contribution in [1.29, 1.82) is 0 Å². The fourth-order valence-electron chi connectivity index (χ4n) is 5.62.